The molecular weight excluding hydrogens is 322 g/mol. The predicted molar refractivity (Wildman–Crippen MR) is 49.5 cm³/mol. The Kier molecular flexibility index (Phi) is 4.29. The zero-order chi connectivity index (χ0) is 16.6. The summed E-state index contributed by atoms with van der Waals surface area (Å²) < 4.78 is 103. The highest BCUT2D eigenvalue weighted by Gasteiger charge is 2.58. The van der Waals surface area contributed by atoms with Gasteiger partial charge in [-0.3, -0.25) is 10.1 Å². The Morgan fingerprint density at radius 3 is 2.05 bits per heavy atom. The minimum atomic E-state index is -6.06. The van der Waals surface area contributed by atoms with Crippen LogP contribution in [0.25, 0.3) is 0 Å². The first-order valence-corrected chi connectivity index (χ1v) is 4.77. The standard InChI is InChI=1S/C9H3F8NO3/c10-3-1-4(18(19)20)5(11)6(12)7(3)21-2-8(13,14)9(15,16)17/h1H,2H2. The Bertz CT molecular complexity index is 571. The summed E-state index contributed by atoms with van der Waals surface area (Å²) in [6, 6.07) is -0.209. The maximum atomic E-state index is 13.2. The molecule has 0 spiro atoms. The molecule has 0 radical (unpaired) electrons. The third kappa shape index (κ3) is 3.31. The van der Waals surface area contributed by atoms with Crippen molar-refractivity contribution < 1.29 is 44.8 Å². The van der Waals surface area contributed by atoms with Crippen molar-refractivity contribution in [3.8, 4) is 5.75 Å². The van der Waals surface area contributed by atoms with Gasteiger partial charge in [0.2, 0.25) is 11.6 Å². The molecule has 1 aromatic rings. The van der Waals surface area contributed by atoms with E-state index in [1.807, 2.05) is 0 Å². The summed E-state index contributed by atoms with van der Waals surface area (Å²) in [6.07, 6.45) is -6.06. The van der Waals surface area contributed by atoms with Crippen LogP contribution in [0.15, 0.2) is 6.07 Å². The van der Waals surface area contributed by atoms with Gasteiger partial charge >= 0.3 is 17.8 Å². The summed E-state index contributed by atoms with van der Waals surface area (Å²) in [7, 11) is 0. The topological polar surface area (TPSA) is 52.4 Å². The fourth-order valence-corrected chi connectivity index (χ4v) is 1.08. The summed E-state index contributed by atoms with van der Waals surface area (Å²) in [5.41, 5.74) is -1.67. The van der Waals surface area contributed by atoms with Crippen LogP contribution in [-0.4, -0.2) is 23.6 Å². The van der Waals surface area contributed by atoms with Gasteiger partial charge in [0.05, 0.1) is 11.0 Å². The molecule has 0 aliphatic heterocycles. The van der Waals surface area contributed by atoms with E-state index in [4.69, 9.17) is 0 Å². The van der Waals surface area contributed by atoms with Crippen molar-refractivity contribution in [1.29, 1.82) is 0 Å². The van der Waals surface area contributed by atoms with E-state index >= 15 is 0 Å². The molecule has 0 unspecified atom stereocenters. The predicted octanol–water partition coefficient (Wildman–Crippen LogP) is 3.59. The third-order valence-corrected chi connectivity index (χ3v) is 2.11. The quantitative estimate of drug-likeness (QED) is 0.368. The molecule has 0 saturated heterocycles. The van der Waals surface area contributed by atoms with E-state index in [0.717, 1.165) is 0 Å². The Morgan fingerprint density at radius 1 is 1.10 bits per heavy atom. The van der Waals surface area contributed by atoms with Crippen molar-refractivity contribution in [2.45, 2.75) is 12.1 Å². The van der Waals surface area contributed by atoms with Gasteiger partial charge in [-0.05, 0) is 0 Å². The van der Waals surface area contributed by atoms with Crippen LogP contribution in [-0.2, 0) is 0 Å². The van der Waals surface area contributed by atoms with Crippen molar-refractivity contribution in [2.24, 2.45) is 0 Å². The molecule has 0 aliphatic rings. The molecule has 0 fully saturated rings. The number of nitro benzene ring substituents is 1. The van der Waals surface area contributed by atoms with Gasteiger partial charge in [0, 0.05) is 0 Å². The second kappa shape index (κ2) is 5.33. The minimum Gasteiger partial charge on any atom is -0.481 e. The van der Waals surface area contributed by atoms with Crippen molar-refractivity contribution >= 4 is 5.69 Å². The van der Waals surface area contributed by atoms with E-state index in [9.17, 15) is 45.2 Å². The van der Waals surface area contributed by atoms with E-state index < -0.39 is 52.5 Å². The number of benzene rings is 1. The van der Waals surface area contributed by atoms with Crippen LogP contribution in [0.3, 0.4) is 0 Å². The molecule has 0 saturated carbocycles. The molecule has 0 amide bonds. The Morgan fingerprint density at radius 2 is 1.62 bits per heavy atom. The molecule has 21 heavy (non-hydrogen) atoms. The van der Waals surface area contributed by atoms with Crippen LogP contribution in [0.2, 0.25) is 0 Å². The van der Waals surface area contributed by atoms with Gasteiger partial charge in [-0.25, -0.2) is 4.39 Å². The van der Waals surface area contributed by atoms with Gasteiger partial charge in [-0.15, -0.1) is 0 Å². The number of alkyl halides is 5. The SMILES string of the molecule is O=[N+]([O-])c1cc(F)c(OCC(F)(F)C(F)(F)F)c(F)c1F. The number of hydrogen-bond donors (Lipinski definition) is 0. The van der Waals surface area contributed by atoms with E-state index in [0.29, 0.717) is 0 Å². The van der Waals surface area contributed by atoms with Gasteiger partial charge in [0.25, 0.3) is 0 Å². The Hall–Kier alpha value is -2.14. The fraction of sp³-hybridized carbons (Fsp3) is 0.333. The first kappa shape index (κ1) is 16.9. The summed E-state index contributed by atoms with van der Waals surface area (Å²) in [5.74, 6) is -14.0. The average Bonchev–Trinajstić information content (AvgIpc) is 2.31. The lowest BCUT2D eigenvalue weighted by Crippen LogP contribution is -2.42. The summed E-state index contributed by atoms with van der Waals surface area (Å²) in [6.45, 7) is -2.53. The van der Waals surface area contributed by atoms with E-state index in [1.54, 1.807) is 0 Å². The van der Waals surface area contributed by atoms with E-state index in [2.05, 4.69) is 4.74 Å². The van der Waals surface area contributed by atoms with Gasteiger partial charge in [-0.2, -0.15) is 30.7 Å². The van der Waals surface area contributed by atoms with Crippen LogP contribution < -0.4 is 4.74 Å². The molecule has 4 nitrogen and oxygen atoms in total. The van der Waals surface area contributed by atoms with Gasteiger partial charge < -0.3 is 4.74 Å². The van der Waals surface area contributed by atoms with E-state index in [1.165, 1.54) is 0 Å². The normalized spacial score (nSPS) is 12.4. The number of nitro groups is 1. The Balaban J connectivity index is 3.12. The van der Waals surface area contributed by atoms with Crippen LogP contribution in [0.5, 0.6) is 5.75 Å². The monoisotopic (exact) mass is 325 g/mol. The van der Waals surface area contributed by atoms with Crippen LogP contribution in [0.4, 0.5) is 40.8 Å². The van der Waals surface area contributed by atoms with Gasteiger partial charge in [0.1, 0.15) is 0 Å². The van der Waals surface area contributed by atoms with Gasteiger partial charge in [-0.1, -0.05) is 0 Å². The molecular formula is C9H3F8NO3. The van der Waals surface area contributed by atoms with Crippen molar-refractivity contribution in [3.05, 3.63) is 33.6 Å². The molecule has 0 bridgehead atoms. The van der Waals surface area contributed by atoms with Gasteiger partial charge in [0.15, 0.2) is 18.2 Å². The smallest absolute Gasteiger partial charge is 0.456 e. The largest absolute Gasteiger partial charge is 0.481 e. The maximum Gasteiger partial charge on any atom is 0.456 e. The zero-order valence-corrected chi connectivity index (χ0v) is 9.48. The number of hydrogen-bond acceptors (Lipinski definition) is 3. The van der Waals surface area contributed by atoms with Crippen molar-refractivity contribution in [2.75, 3.05) is 6.61 Å². The number of rotatable bonds is 4. The van der Waals surface area contributed by atoms with Crippen LogP contribution in [0.1, 0.15) is 0 Å². The summed E-state index contributed by atoms with van der Waals surface area (Å²) in [4.78, 5) is 8.69. The molecule has 1 rings (SSSR count). The second-order valence-electron chi connectivity index (χ2n) is 3.58. The van der Waals surface area contributed by atoms with Crippen LogP contribution >= 0.6 is 0 Å². The third-order valence-electron chi connectivity index (χ3n) is 2.11. The molecule has 0 aliphatic carbocycles. The Labute approximate surface area is 110 Å². The van der Waals surface area contributed by atoms with E-state index in [-0.39, 0.29) is 6.07 Å². The average molecular weight is 325 g/mol. The molecule has 0 heterocycles. The highest BCUT2D eigenvalue weighted by atomic mass is 19.4. The second-order valence-corrected chi connectivity index (χ2v) is 3.58. The molecule has 0 atom stereocenters. The molecule has 12 heteroatoms. The number of halogens is 8. The van der Waals surface area contributed by atoms with Crippen molar-refractivity contribution in [1.82, 2.24) is 0 Å². The highest BCUT2D eigenvalue weighted by Crippen LogP contribution is 2.37. The van der Waals surface area contributed by atoms with Crippen LogP contribution in [0, 0.1) is 27.6 Å². The lowest BCUT2D eigenvalue weighted by atomic mass is 10.2. The molecule has 0 aromatic heterocycles. The van der Waals surface area contributed by atoms with Crippen molar-refractivity contribution in [3.63, 3.8) is 0 Å². The maximum absolute atomic E-state index is 13.2. The lowest BCUT2D eigenvalue weighted by molar-refractivity contribution is -0.388. The minimum absolute atomic E-state index is 0.209. The molecule has 1 aromatic carbocycles. The molecule has 118 valence electrons. The first-order chi connectivity index (χ1) is 9.38. The number of ether oxygens (including phenoxy) is 1. The zero-order valence-electron chi connectivity index (χ0n) is 9.48. The highest BCUT2D eigenvalue weighted by molar-refractivity contribution is 5.41. The number of nitrogens with zero attached hydrogens (tertiary/aromatic N) is 1. The lowest BCUT2D eigenvalue weighted by Gasteiger charge is -2.20. The summed E-state index contributed by atoms with van der Waals surface area (Å²) in [5, 5.41) is 10.2. The molecule has 0 N–H and O–H groups in total. The summed E-state index contributed by atoms with van der Waals surface area (Å²) >= 11 is 0. The first-order valence-electron chi connectivity index (χ1n) is 4.77. The fourth-order valence-electron chi connectivity index (χ4n) is 1.08.